The van der Waals surface area contributed by atoms with Gasteiger partial charge in [0.2, 0.25) is 15.9 Å². The van der Waals surface area contributed by atoms with Crippen molar-refractivity contribution in [2.45, 2.75) is 47.0 Å². The highest BCUT2D eigenvalue weighted by molar-refractivity contribution is 7.90. The minimum Gasteiger partial charge on any atom is -0.481 e. The zero-order valence-corrected chi connectivity index (χ0v) is 33.3. The molecule has 0 bridgehead atoms. The second-order valence-electron chi connectivity index (χ2n) is 11.9. The number of carboxylic acid groups (broad SMARTS) is 1. The molecule has 0 fully saturated rings. The van der Waals surface area contributed by atoms with Crippen molar-refractivity contribution in [1.82, 2.24) is 4.72 Å². The first-order chi connectivity index (χ1) is 25.5. The van der Waals surface area contributed by atoms with Crippen LogP contribution >= 0.6 is 30.8 Å². The number of para-hydroxylation sites is 2. The predicted molar refractivity (Wildman–Crippen MR) is 209 cm³/mol. The van der Waals surface area contributed by atoms with Crippen LogP contribution in [0.1, 0.15) is 42.5 Å². The monoisotopic (exact) mass is 827 g/mol. The number of benzene rings is 4. The van der Waals surface area contributed by atoms with Crippen LogP contribution in [0.4, 0.5) is 31.5 Å². The molecule has 0 radical (unpaired) electrons. The number of halogens is 4. The number of carboxylic acids is 1. The first kappa shape index (κ1) is 44.4. The Bertz CT molecular complexity index is 2060. The Morgan fingerprint density at radius 2 is 1.24 bits per heavy atom. The molecule has 4 N–H and O–H groups in total. The fourth-order valence-corrected chi connectivity index (χ4v) is 8.43. The predicted octanol–water partition coefficient (Wildman–Crippen LogP) is 9.33. The number of carbonyl (C=O) groups excluding carboxylic acids is 1. The Morgan fingerprint density at radius 1 is 0.778 bits per heavy atom. The van der Waals surface area contributed by atoms with Crippen LogP contribution in [0.2, 0.25) is 10.0 Å². The molecule has 0 heterocycles. The van der Waals surface area contributed by atoms with E-state index in [9.17, 15) is 31.4 Å². The van der Waals surface area contributed by atoms with Gasteiger partial charge >= 0.3 is 13.6 Å². The van der Waals surface area contributed by atoms with E-state index in [0.29, 0.717) is 22.5 Å². The molecule has 0 saturated carbocycles. The molecule has 0 aromatic heterocycles. The van der Waals surface area contributed by atoms with Crippen molar-refractivity contribution in [2.24, 2.45) is 0 Å². The molecule has 4 rings (SSSR count). The van der Waals surface area contributed by atoms with Crippen LogP contribution < -0.4 is 15.4 Å². The number of hydrogen-bond donors (Lipinski definition) is 4. The SMILES string of the molecule is CCOP(=O)(CCCS(=O)(=O)NC(=O)Cc1cc(C)ccc1Nc1c(F)cccc1Cl)OCC.Cc1ccc(Nc2c(F)cccc2Cl)c(CC(=O)O)c1. The molecule has 54 heavy (non-hydrogen) atoms. The van der Waals surface area contributed by atoms with Crippen molar-refractivity contribution in [1.29, 1.82) is 0 Å². The average Bonchev–Trinajstić information content (AvgIpc) is 3.06. The molecule has 17 heteroatoms. The van der Waals surface area contributed by atoms with Gasteiger partial charge < -0.3 is 24.8 Å². The second-order valence-corrected chi connectivity index (χ2v) is 16.7. The molecule has 0 aliphatic rings. The topological polar surface area (TPSA) is 160 Å². The minimum absolute atomic E-state index is 0.0110. The molecular weight excluding hydrogens is 786 g/mol. The summed E-state index contributed by atoms with van der Waals surface area (Å²) in [6, 6.07) is 19.0. The van der Waals surface area contributed by atoms with E-state index in [1.165, 1.54) is 30.3 Å². The highest BCUT2D eigenvalue weighted by Gasteiger charge is 2.25. The van der Waals surface area contributed by atoms with Gasteiger partial charge in [-0.1, -0.05) is 70.7 Å². The number of nitrogens with one attached hydrogen (secondary N) is 3. The Hall–Kier alpha value is -4.04. The molecular formula is C37H42Cl2F2N3O8PS. The first-order valence-electron chi connectivity index (χ1n) is 16.7. The molecule has 0 saturated heterocycles. The van der Waals surface area contributed by atoms with Crippen LogP contribution in [-0.4, -0.2) is 50.5 Å². The smallest absolute Gasteiger partial charge is 0.330 e. The van der Waals surface area contributed by atoms with E-state index >= 15 is 0 Å². The van der Waals surface area contributed by atoms with Gasteiger partial charge in [-0.2, -0.15) is 0 Å². The highest BCUT2D eigenvalue weighted by Crippen LogP contribution is 2.48. The summed E-state index contributed by atoms with van der Waals surface area (Å²) in [5.74, 6) is -3.18. The molecule has 4 aromatic carbocycles. The Balaban J connectivity index is 0.000000331. The van der Waals surface area contributed by atoms with Gasteiger partial charge in [0.25, 0.3) is 0 Å². The van der Waals surface area contributed by atoms with Crippen LogP contribution in [0.25, 0.3) is 0 Å². The maximum Gasteiger partial charge on any atom is 0.330 e. The molecule has 292 valence electrons. The van der Waals surface area contributed by atoms with Gasteiger partial charge in [-0.05, 0) is 81.6 Å². The Labute approximate surface area is 324 Å². The summed E-state index contributed by atoms with van der Waals surface area (Å²) in [4.78, 5) is 23.4. The van der Waals surface area contributed by atoms with Gasteiger partial charge in [-0.25, -0.2) is 17.2 Å². The van der Waals surface area contributed by atoms with Crippen LogP contribution in [0.5, 0.6) is 0 Å². The fourth-order valence-electron chi connectivity index (χ4n) is 5.09. The van der Waals surface area contributed by atoms with Gasteiger partial charge in [0.1, 0.15) is 11.6 Å². The number of aryl methyl sites for hydroxylation is 2. The van der Waals surface area contributed by atoms with E-state index in [-0.39, 0.29) is 60.1 Å². The van der Waals surface area contributed by atoms with Crippen LogP contribution in [0.15, 0.2) is 72.8 Å². The third-order valence-electron chi connectivity index (χ3n) is 7.43. The quantitative estimate of drug-likeness (QED) is 0.0756. The van der Waals surface area contributed by atoms with Gasteiger partial charge in [-0.3, -0.25) is 18.9 Å². The third-order valence-corrected chi connectivity index (χ3v) is 11.6. The first-order valence-corrected chi connectivity index (χ1v) is 20.8. The molecule has 0 unspecified atom stereocenters. The summed E-state index contributed by atoms with van der Waals surface area (Å²) in [7, 11) is -7.36. The highest BCUT2D eigenvalue weighted by atomic mass is 35.5. The number of amides is 1. The maximum absolute atomic E-state index is 14.2. The summed E-state index contributed by atoms with van der Waals surface area (Å²) < 4.78 is 77.5. The molecule has 0 aliphatic heterocycles. The van der Waals surface area contributed by atoms with Crippen molar-refractivity contribution in [3.8, 4) is 0 Å². The summed E-state index contributed by atoms with van der Waals surface area (Å²) in [6.45, 7) is 7.35. The number of rotatable bonds is 17. The van der Waals surface area contributed by atoms with Gasteiger partial charge in [-0.15, -0.1) is 0 Å². The molecule has 0 spiro atoms. The average molecular weight is 829 g/mol. The van der Waals surface area contributed by atoms with Crippen LogP contribution in [-0.2, 0) is 46.1 Å². The molecule has 11 nitrogen and oxygen atoms in total. The van der Waals surface area contributed by atoms with Gasteiger partial charge in [0.15, 0.2) is 0 Å². The van der Waals surface area contributed by atoms with E-state index in [4.69, 9.17) is 37.4 Å². The number of sulfonamides is 1. The Kier molecular flexibility index (Phi) is 16.9. The van der Waals surface area contributed by atoms with Crippen molar-refractivity contribution >= 4 is 75.4 Å². The van der Waals surface area contributed by atoms with E-state index in [2.05, 4.69) is 10.6 Å². The van der Waals surface area contributed by atoms with Gasteiger partial charge in [0, 0.05) is 11.4 Å². The summed E-state index contributed by atoms with van der Waals surface area (Å²) in [5.41, 5.74) is 3.95. The fraction of sp³-hybridized carbons (Fsp3) is 0.297. The van der Waals surface area contributed by atoms with Crippen molar-refractivity contribution < 1.29 is 45.5 Å². The molecule has 0 atom stereocenters. The zero-order chi connectivity index (χ0) is 40.1. The number of hydrogen-bond acceptors (Lipinski definition) is 9. The van der Waals surface area contributed by atoms with Crippen molar-refractivity contribution in [3.05, 3.63) is 117 Å². The molecule has 0 aliphatic carbocycles. The summed E-state index contributed by atoms with van der Waals surface area (Å²) >= 11 is 12.0. The minimum atomic E-state index is -3.98. The lowest BCUT2D eigenvalue weighted by Gasteiger charge is -2.17. The standard InChI is InChI=1S/C22H29ClFN2O6PS.C15H13ClFNO2/c1-4-31-33(28,32-5-2)12-7-13-34(29,30)26-21(27)15-17-14-16(3)10-11-20(17)25-22-18(23)8-6-9-19(22)24;1-9-5-6-13(10(7-9)8-14(19)20)18-15-11(16)3-2-4-12(15)17/h6,8-11,14,25H,4-5,7,12-13,15H2,1-3H3,(H,26,27);2-7,18H,8H2,1H3,(H,19,20). The summed E-state index contributed by atoms with van der Waals surface area (Å²) in [5, 5.41) is 15.1. The van der Waals surface area contributed by atoms with Crippen molar-refractivity contribution in [3.63, 3.8) is 0 Å². The molecule has 4 aromatic rings. The van der Waals surface area contributed by atoms with E-state index in [1.807, 2.05) is 24.6 Å². The lowest BCUT2D eigenvalue weighted by atomic mass is 10.1. The number of aliphatic carboxylic acids is 1. The zero-order valence-electron chi connectivity index (χ0n) is 30.1. The Morgan fingerprint density at radius 3 is 1.67 bits per heavy atom. The normalized spacial score (nSPS) is 11.3. The van der Waals surface area contributed by atoms with Gasteiger partial charge in [0.05, 0.1) is 59.4 Å². The van der Waals surface area contributed by atoms with E-state index in [0.717, 1.165) is 11.1 Å². The third kappa shape index (κ3) is 14.0. The number of anilines is 4. The largest absolute Gasteiger partial charge is 0.481 e. The van der Waals surface area contributed by atoms with Crippen LogP contribution in [0, 0.1) is 25.5 Å². The lowest BCUT2D eigenvalue weighted by molar-refractivity contribution is -0.136. The summed E-state index contributed by atoms with van der Waals surface area (Å²) in [6.07, 6.45) is -0.510. The molecule has 1 amide bonds. The lowest BCUT2D eigenvalue weighted by Crippen LogP contribution is -2.34. The van der Waals surface area contributed by atoms with E-state index < -0.39 is 46.9 Å². The van der Waals surface area contributed by atoms with E-state index in [1.54, 1.807) is 50.2 Å². The second kappa shape index (κ2) is 20.6. The number of carbonyl (C=O) groups is 2. The van der Waals surface area contributed by atoms with Crippen molar-refractivity contribution in [2.75, 3.05) is 35.8 Å². The van der Waals surface area contributed by atoms with Crippen LogP contribution in [0.3, 0.4) is 0 Å². The maximum atomic E-state index is 14.2.